The van der Waals surface area contributed by atoms with Gasteiger partial charge in [-0.3, -0.25) is 4.99 Å². The number of nitrogens with zero attached hydrogens (tertiary/aromatic N) is 1. The number of unbranched alkanes of at least 4 members (excludes halogenated alkanes) is 1. The minimum absolute atomic E-state index is 0. The standard InChI is InChI=1S/C16H33N3O4.HI/c1-17-16(18-7-3-4-9-21-13-12-20-2)19-8-5-10-23-15-6-11-22-14-15;/h15H,3-14H2,1-2H3,(H2,17,18,19);1H. The summed E-state index contributed by atoms with van der Waals surface area (Å²) in [6.07, 6.45) is 4.36. The summed E-state index contributed by atoms with van der Waals surface area (Å²) in [6.45, 7) is 6.18. The van der Waals surface area contributed by atoms with Crippen LogP contribution in [0.15, 0.2) is 4.99 Å². The third-order valence-corrected chi connectivity index (χ3v) is 3.52. The number of rotatable bonds is 13. The molecule has 24 heavy (non-hydrogen) atoms. The molecule has 1 heterocycles. The monoisotopic (exact) mass is 459 g/mol. The molecule has 1 fully saturated rings. The Balaban J connectivity index is 0.00000529. The minimum Gasteiger partial charge on any atom is -0.382 e. The maximum Gasteiger partial charge on any atom is 0.190 e. The fraction of sp³-hybridized carbons (Fsp3) is 0.938. The lowest BCUT2D eigenvalue weighted by Gasteiger charge is -2.13. The van der Waals surface area contributed by atoms with Crippen LogP contribution < -0.4 is 10.6 Å². The summed E-state index contributed by atoms with van der Waals surface area (Å²) < 4.78 is 21.3. The average molecular weight is 459 g/mol. The predicted molar refractivity (Wildman–Crippen MR) is 107 cm³/mol. The molecule has 2 N–H and O–H groups in total. The van der Waals surface area contributed by atoms with E-state index in [0.717, 1.165) is 71.2 Å². The summed E-state index contributed by atoms with van der Waals surface area (Å²) in [7, 11) is 3.47. The summed E-state index contributed by atoms with van der Waals surface area (Å²) >= 11 is 0. The van der Waals surface area contributed by atoms with E-state index < -0.39 is 0 Å². The lowest BCUT2D eigenvalue weighted by atomic mass is 10.3. The van der Waals surface area contributed by atoms with Crippen molar-refractivity contribution in [2.24, 2.45) is 4.99 Å². The Kier molecular flexibility index (Phi) is 17.5. The Bertz CT molecular complexity index is 303. The van der Waals surface area contributed by atoms with E-state index in [0.29, 0.717) is 19.3 Å². The van der Waals surface area contributed by atoms with Gasteiger partial charge in [0, 0.05) is 47.1 Å². The quantitative estimate of drug-likeness (QED) is 0.188. The summed E-state index contributed by atoms with van der Waals surface area (Å²) in [5.74, 6) is 0.842. The van der Waals surface area contributed by atoms with Crippen molar-refractivity contribution in [1.29, 1.82) is 0 Å². The summed E-state index contributed by atoms with van der Waals surface area (Å²) in [6, 6.07) is 0. The first-order valence-corrected chi connectivity index (χ1v) is 8.57. The van der Waals surface area contributed by atoms with Crippen LogP contribution in [0.25, 0.3) is 0 Å². The molecule has 8 heteroatoms. The highest BCUT2D eigenvalue weighted by atomic mass is 127. The molecule has 1 saturated heterocycles. The van der Waals surface area contributed by atoms with E-state index in [4.69, 9.17) is 18.9 Å². The van der Waals surface area contributed by atoms with E-state index in [-0.39, 0.29) is 24.0 Å². The molecule has 0 bridgehead atoms. The number of hydrogen-bond acceptors (Lipinski definition) is 5. The second-order valence-electron chi connectivity index (χ2n) is 5.45. The molecule has 1 aliphatic heterocycles. The lowest BCUT2D eigenvalue weighted by Crippen LogP contribution is -2.38. The van der Waals surface area contributed by atoms with Crippen LogP contribution in [-0.2, 0) is 18.9 Å². The Morgan fingerprint density at radius 2 is 1.88 bits per heavy atom. The molecule has 0 saturated carbocycles. The van der Waals surface area contributed by atoms with Crippen molar-refractivity contribution < 1.29 is 18.9 Å². The number of halogens is 1. The molecule has 0 aromatic heterocycles. The van der Waals surface area contributed by atoms with Crippen molar-refractivity contribution in [3.63, 3.8) is 0 Å². The number of methoxy groups -OCH3 is 1. The first kappa shape index (κ1) is 23.8. The number of guanidine groups is 1. The fourth-order valence-corrected chi connectivity index (χ4v) is 2.17. The van der Waals surface area contributed by atoms with E-state index in [9.17, 15) is 0 Å². The largest absolute Gasteiger partial charge is 0.382 e. The van der Waals surface area contributed by atoms with Gasteiger partial charge in [-0.25, -0.2) is 0 Å². The van der Waals surface area contributed by atoms with Gasteiger partial charge in [0.05, 0.1) is 25.9 Å². The van der Waals surface area contributed by atoms with Crippen LogP contribution in [-0.4, -0.2) is 79.0 Å². The number of ether oxygens (including phenoxy) is 4. The maximum atomic E-state index is 5.72. The van der Waals surface area contributed by atoms with Gasteiger partial charge in [-0.2, -0.15) is 0 Å². The minimum atomic E-state index is 0. The first-order chi connectivity index (χ1) is 11.4. The second-order valence-corrected chi connectivity index (χ2v) is 5.45. The van der Waals surface area contributed by atoms with Crippen molar-refractivity contribution in [3.8, 4) is 0 Å². The molecular weight excluding hydrogens is 425 g/mol. The Morgan fingerprint density at radius 1 is 1.08 bits per heavy atom. The zero-order valence-corrected chi connectivity index (χ0v) is 17.4. The number of nitrogens with one attached hydrogen (secondary N) is 2. The molecule has 7 nitrogen and oxygen atoms in total. The van der Waals surface area contributed by atoms with Crippen LogP contribution in [0.3, 0.4) is 0 Å². The molecule has 1 atom stereocenters. The Hall–Kier alpha value is -0.160. The van der Waals surface area contributed by atoms with Gasteiger partial charge in [-0.05, 0) is 25.7 Å². The third kappa shape index (κ3) is 13.2. The highest BCUT2D eigenvalue weighted by Gasteiger charge is 2.15. The molecule has 1 unspecified atom stereocenters. The normalized spacial score (nSPS) is 17.6. The molecule has 0 aromatic rings. The number of hydrogen-bond donors (Lipinski definition) is 2. The van der Waals surface area contributed by atoms with Gasteiger partial charge in [0.1, 0.15) is 0 Å². The highest BCUT2D eigenvalue weighted by molar-refractivity contribution is 14.0. The fourth-order valence-electron chi connectivity index (χ4n) is 2.17. The SMILES string of the molecule is CN=C(NCCCCOCCOC)NCCCOC1CCOC1.I. The third-order valence-electron chi connectivity index (χ3n) is 3.52. The van der Waals surface area contributed by atoms with Crippen LogP contribution >= 0.6 is 24.0 Å². The van der Waals surface area contributed by atoms with Crippen LogP contribution in [0, 0.1) is 0 Å². The lowest BCUT2D eigenvalue weighted by molar-refractivity contribution is 0.0420. The molecule has 144 valence electrons. The molecule has 0 radical (unpaired) electrons. The maximum absolute atomic E-state index is 5.72. The Morgan fingerprint density at radius 3 is 2.54 bits per heavy atom. The molecular formula is C16H34IN3O4. The molecule has 1 rings (SSSR count). The summed E-state index contributed by atoms with van der Waals surface area (Å²) in [5, 5.41) is 6.59. The van der Waals surface area contributed by atoms with Crippen LogP contribution in [0.4, 0.5) is 0 Å². The molecule has 0 aliphatic carbocycles. The van der Waals surface area contributed by atoms with Crippen molar-refractivity contribution in [2.75, 3.05) is 66.9 Å². The first-order valence-electron chi connectivity index (χ1n) is 8.57. The van der Waals surface area contributed by atoms with Crippen molar-refractivity contribution in [1.82, 2.24) is 10.6 Å². The van der Waals surface area contributed by atoms with Gasteiger partial charge in [-0.1, -0.05) is 0 Å². The van der Waals surface area contributed by atoms with Gasteiger partial charge in [0.25, 0.3) is 0 Å². The zero-order valence-electron chi connectivity index (χ0n) is 15.1. The van der Waals surface area contributed by atoms with Gasteiger partial charge in [0.2, 0.25) is 0 Å². The van der Waals surface area contributed by atoms with E-state index in [1.54, 1.807) is 14.2 Å². The molecule has 1 aliphatic rings. The van der Waals surface area contributed by atoms with Crippen LogP contribution in [0.2, 0.25) is 0 Å². The van der Waals surface area contributed by atoms with Crippen molar-refractivity contribution >= 4 is 29.9 Å². The smallest absolute Gasteiger partial charge is 0.190 e. The Labute approximate surface area is 163 Å². The topological polar surface area (TPSA) is 73.3 Å². The summed E-state index contributed by atoms with van der Waals surface area (Å²) in [5.41, 5.74) is 0. The van der Waals surface area contributed by atoms with E-state index in [2.05, 4.69) is 15.6 Å². The highest BCUT2D eigenvalue weighted by Crippen LogP contribution is 2.07. The van der Waals surface area contributed by atoms with Gasteiger partial charge >= 0.3 is 0 Å². The van der Waals surface area contributed by atoms with Crippen molar-refractivity contribution in [3.05, 3.63) is 0 Å². The van der Waals surface area contributed by atoms with Crippen LogP contribution in [0.5, 0.6) is 0 Å². The number of aliphatic imine (C=N–C) groups is 1. The van der Waals surface area contributed by atoms with Gasteiger partial charge in [-0.15, -0.1) is 24.0 Å². The van der Waals surface area contributed by atoms with Gasteiger partial charge < -0.3 is 29.6 Å². The van der Waals surface area contributed by atoms with E-state index >= 15 is 0 Å². The summed E-state index contributed by atoms with van der Waals surface area (Å²) in [4.78, 5) is 4.21. The second kappa shape index (κ2) is 17.7. The predicted octanol–water partition coefficient (Wildman–Crippen LogP) is 1.41. The van der Waals surface area contributed by atoms with Gasteiger partial charge in [0.15, 0.2) is 5.96 Å². The molecule has 0 amide bonds. The van der Waals surface area contributed by atoms with E-state index in [1.165, 1.54) is 0 Å². The average Bonchev–Trinajstić information content (AvgIpc) is 3.08. The van der Waals surface area contributed by atoms with Crippen LogP contribution in [0.1, 0.15) is 25.7 Å². The zero-order chi connectivity index (χ0) is 16.6. The van der Waals surface area contributed by atoms with Crippen molar-refractivity contribution in [2.45, 2.75) is 31.8 Å². The molecule has 0 aromatic carbocycles. The van der Waals surface area contributed by atoms with E-state index in [1.807, 2.05) is 0 Å². The molecule has 0 spiro atoms.